The Morgan fingerprint density at radius 1 is 1.21 bits per heavy atom. The predicted octanol–water partition coefficient (Wildman–Crippen LogP) is 6.71. The topological polar surface area (TPSA) is 21.6 Å². The Hall–Kier alpha value is -0.760. The fourth-order valence-electron chi connectivity index (χ4n) is 2.42. The summed E-state index contributed by atoms with van der Waals surface area (Å²) in [6.07, 6.45) is -5.13. The zero-order valence-corrected chi connectivity index (χ0v) is 16.0. The van der Waals surface area contributed by atoms with E-state index < -0.39 is 18.2 Å². The van der Waals surface area contributed by atoms with Gasteiger partial charge < -0.3 is 4.84 Å². The van der Waals surface area contributed by atoms with E-state index in [0.717, 1.165) is 9.35 Å². The van der Waals surface area contributed by atoms with Gasteiger partial charge in [0.05, 0.1) is 11.3 Å². The van der Waals surface area contributed by atoms with Gasteiger partial charge in [-0.25, -0.2) is 0 Å². The van der Waals surface area contributed by atoms with E-state index in [1.54, 1.807) is 6.07 Å². The molecule has 0 spiro atoms. The van der Waals surface area contributed by atoms with Crippen LogP contribution in [0.5, 0.6) is 0 Å². The maximum Gasteiger partial charge on any atom is 0.435 e. The third-order valence-corrected chi connectivity index (χ3v) is 6.28. The molecule has 2 aromatic rings. The van der Waals surface area contributed by atoms with Crippen LogP contribution < -0.4 is 0 Å². The summed E-state index contributed by atoms with van der Waals surface area (Å²) < 4.78 is 42.4. The number of benzene rings is 1. The minimum Gasteiger partial charge on any atom is -0.374 e. The molecule has 0 amide bonds. The van der Waals surface area contributed by atoms with Crippen LogP contribution in [0.15, 0.2) is 33.9 Å². The molecule has 1 aliphatic heterocycles. The first kappa shape index (κ1) is 18.0. The number of hydrogen-bond acceptors (Lipinski definition) is 3. The summed E-state index contributed by atoms with van der Waals surface area (Å²) in [5.74, 6) is 0. The van der Waals surface area contributed by atoms with Crippen LogP contribution in [-0.2, 0) is 10.4 Å². The molecule has 128 valence electrons. The Morgan fingerprint density at radius 3 is 2.33 bits per heavy atom. The summed E-state index contributed by atoms with van der Waals surface area (Å²) in [5, 5.41) is 3.93. The minimum absolute atomic E-state index is 0.105. The van der Waals surface area contributed by atoms with E-state index in [9.17, 15) is 13.2 Å². The lowest BCUT2D eigenvalue weighted by Crippen LogP contribution is -2.42. The van der Waals surface area contributed by atoms with Gasteiger partial charge in [0.15, 0.2) is 0 Å². The zero-order valence-electron chi connectivity index (χ0n) is 12.0. The summed E-state index contributed by atoms with van der Waals surface area (Å²) in [7, 11) is 0. The van der Waals surface area contributed by atoms with Crippen molar-refractivity contribution in [1.82, 2.24) is 0 Å². The van der Waals surface area contributed by atoms with Crippen LogP contribution in [-0.4, -0.2) is 11.9 Å². The van der Waals surface area contributed by atoms with Gasteiger partial charge in [0.1, 0.15) is 5.71 Å². The molecule has 24 heavy (non-hydrogen) atoms. The van der Waals surface area contributed by atoms with Crippen molar-refractivity contribution in [3.8, 4) is 0 Å². The molecule has 2 nitrogen and oxygen atoms in total. The van der Waals surface area contributed by atoms with Gasteiger partial charge in [-0.3, -0.25) is 0 Å². The maximum atomic E-state index is 13.8. The van der Waals surface area contributed by atoms with Crippen LogP contribution in [0.2, 0.25) is 10.0 Å². The molecule has 0 aliphatic carbocycles. The first-order chi connectivity index (χ1) is 11.1. The first-order valence-electron chi connectivity index (χ1n) is 6.67. The van der Waals surface area contributed by atoms with Crippen LogP contribution in [0, 0.1) is 6.92 Å². The first-order valence-corrected chi connectivity index (χ1v) is 9.03. The predicted molar refractivity (Wildman–Crippen MR) is 93.2 cm³/mol. The Bertz CT molecular complexity index is 797. The summed E-state index contributed by atoms with van der Waals surface area (Å²) >= 11 is 16.4. The van der Waals surface area contributed by atoms with Crippen molar-refractivity contribution in [2.24, 2.45) is 5.16 Å². The second kappa shape index (κ2) is 6.20. The molecule has 0 bridgehead atoms. The molecule has 0 N–H and O–H groups in total. The average Bonchev–Trinajstić information content (AvgIpc) is 3.03. The average molecular weight is 459 g/mol. The Labute approximate surface area is 158 Å². The highest BCUT2D eigenvalue weighted by Crippen LogP contribution is 2.50. The maximum absolute atomic E-state index is 13.8. The number of halogens is 6. The van der Waals surface area contributed by atoms with Crippen molar-refractivity contribution in [3.05, 3.63) is 54.1 Å². The number of nitrogens with zero attached hydrogens (tertiary/aromatic N) is 1. The monoisotopic (exact) mass is 457 g/mol. The van der Waals surface area contributed by atoms with E-state index >= 15 is 0 Å². The molecule has 0 saturated heterocycles. The second-order valence-corrected chi connectivity index (χ2v) is 8.29. The Morgan fingerprint density at radius 2 is 1.83 bits per heavy atom. The van der Waals surface area contributed by atoms with Crippen molar-refractivity contribution in [2.75, 3.05) is 0 Å². The lowest BCUT2D eigenvalue weighted by Gasteiger charge is -2.29. The minimum atomic E-state index is -4.68. The van der Waals surface area contributed by atoms with Crippen LogP contribution in [0.3, 0.4) is 0 Å². The lowest BCUT2D eigenvalue weighted by molar-refractivity contribution is -0.275. The number of alkyl halides is 3. The van der Waals surface area contributed by atoms with Crippen LogP contribution in [0.1, 0.15) is 21.7 Å². The van der Waals surface area contributed by atoms with Crippen molar-refractivity contribution >= 4 is 56.2 Å². The number of hydrogen-bond donors (Lipinski definition) is 0. The highest BCUT2D eigenvalue weighted by molar-refractivity contribution is 9.10. The van der Waals surface area contributed by atoms with Gasteiger partial charge >= 0.3 is 6.18 Å². The third-order valence-electron chi connectivity index (χ3n) is 3.66. The van der Waals surface area contributed by atoms with E-state index in [-0.39, 0.29) is 21.3 Å². The highest BCUT2D eigenvalue weighted by Gasteiger charge is 2.62. The SMILES string of the molecule is Cc1sc(C2=NO[C@](c3cc(Cl)cc(Cl)c3)(C(F)(F)F)C2)cc1Br. The lowest BCUT2D eigenvalue weighted by atomic mass is 9.88. The van der Waals surface area contributed by atoms with Crippen molar-refractivity contribution < 1.29 is 18.0 Å². The molecule has 2 heterocycles. The van der Waals surface area contributed by atoms with Gasteiger partial charge in [-0.1, -0.05) is 28.4 Å². The third kappa shape index (κ3) is 3.07. The fraction of sp³-hybridized carbons (Fsp3) is 0.267. The zero-order chi connectivity index (χ0) is 17.7. The number of oxime groups is 1. The Balaban J connectivity index is 2.05. The summed E-state index contributed by atoms with van der Waals surface area (Å²) in [6, 6.07) is 5.51. The van der Waals surface area contributed by atoms with E-state index in [1.165, 1.54) is 29.5 Å². The molecule has 1 atom stereocenters. The van der Waals surface area contributed by atoms with Crippen LogP contribution >= 0.6 is 50.5 Å². The van der Waals surface area contributed by atoms with Crippen molar-refractivity contribution in [2.45, 2.75) is 25.1 Å². The van der Waals surface area contributed by atoms with Gasteiger partial charge in [-0.15, -0.1) is 11.3 Å². The standard InChI is InChI=1S/C15H9BrCl2F3NOS/c1-7-11(16)5-13(24-7)12-6-14(23-22-12,15(19,20)21)8-2-9(17)4-10(18)3-8/h2-5H,6H2,1H3/t14-/m1/s1. The molecule has 1 aliphatic rings. The van der Waals surface area contributed by atoms with E-state index in [1.807, 2.05) is 6.92 Å². The van der Waals surface area contributed by atoms with Crippen LogP contribution in [0.25, 0.3) is 0 Å². The summed E-state index contributed by atoms with van der Waals surface area (Å²) in [6.45, 7) is 1.86. The van der Waals surface area contributed by atoms with E-state index in [0.29, 0.717) is 4.88 Å². The van der Waals surface area contributed by atoms with E-state index in [4.69, 9.17) is 28.0 Å². The van der Waals surface area contributed by atoms with Crippen molar-refractivity contribution in [3.63, 3.8) is 0 Å². The van der Waals surface area contributed by atoms with Crippen molar-refractivity contribution in [1.29, 1.82) is 0 Å². The molecule has 0 fully saturated rings. The molecule has 1 aromatic carbocycles. The molecule has 0 radical (unpaired) electrons. The fourth-order valence-corrected chi connectivity index (χ4v) is 4.46. The molecule has 9 heteroatoms. The van der Waals surface area contributed by atoms with E-state index in [2.05, 4.69) is 21.1 Å². The highest BCUT2D eigenvalue weighted by atomic mass is 79.9. The molecule has 0 unspecified atom stereocenters. The summed E-state index contributed by atoms with van der Waals surface area (Å²) in [5.41, 5.74) is -2.53. The van der Waals surface area contributed by atoms with Gasteiger partial charge in [-0.05, 0) is 47.1 Å². The second-order valence-electron chi connectivity index (χ2n) is 5.30. The number of aryl methyl sites for hydroxylation is 1. The molecule has 0 saturated carbocycles. The van der Waals surface area contributed by atoms with Crippen LogP contribution in [0.4, 0.5) is 13.2 Å². The molecule has 3 rings (SSSR count). The summed E-state index contributed by atoms with van der Waals surface area (Å²) in [4.78, 5) is 6.53. The van der Waals surface area contributed by atoms with Gasteiger partial charge in [-0.2, -0.15) is 13.2 Å². The van der Waals surface area contributed by atoms with Gasteiger partial charge in [0.2, 0.25) is 0 Å². The largest absolute Gasteiger partial charge is 0.435 e. The van der Waals surface area contributed by atoms with Gasteiger partial charge in [0, 0.05) is 25.0 Å². The molecule has 1 aromatic heterocycles. The smallest absolute Gasteiger partial charge is 0.374 e. The Kier molecular flexibility index (Phi) is 4.66. The molecular formula is C15H9BrCl2F3NOS. The number of rotatable bonds is 2. The molecular weight excluding hydrogens is 450 g/mol. The normalized spacial score (nSPS) is 20.9. The quantitative estimate of drug-likeness (QED) is 0.490. The van der Waals surface area contributed by atoms with Gasteiger partial charge in [0.25, 0.3) is 5.60 Å². The number of thiophene rings is 1.